The summed E-state index contributed by atoms with van der Waals surface area (Å²) in [5.41, 5.74) is 3.29. The van der Waals surface area contributed by atoms with Gasteiger partial charge in [-0.15, -0.1) is 0 Å². The highest BCUT2D eigenvalue weighted by Crippen LogP contribution is 2.19. The van der Waals surface area contributed by atoms with Gasteiger partial charge < -0.3 is 15.0 Å². The lowest BCUT2D eigenvalue weighted by Gasteiger charge is -2.13. The first kappa shape index (κ1) is 19.2. The predicted octanol–water partition coefficient (Wildman–Crippen LogP) is 3.93. The van der Waals surface area contributed by atoms with Crippen molar-refractivity contribution >= 4 is 28.5 Å². The van der Waals surface area contributed by atoms with Gasteiger partial charge in [-0.2, -0.15) is 5.26 Å². The van der Waals surface area contributed by atoms with Crippen LogP contribution in [0, 0.1) is 11.3 Å². The number of benzene rings is 2. The zero-order valence-electron chi connectivity index (χ0n) is 15.6. The van der Waals surface area contributed by atoms with Crippen molar-refractivity contribution in [2.75, 3.05) is 5.32 Å². The van der Waals surface area contributed by atoms with Gasteiger partial charge in [0.15, 0.2) is 6.10 Å². The van der Waals surface area contributed by atoms with E-state index >= 15 is 0 Å². The summed E-state index contributed by atoms with van der Waals surface area (Å²) in [6.07, 6.45) is 2.71. The highest BCUT2D eigenvalue weighted by Gasteiger charge is 2.18. The Morgan fingerprint density at radius 1 is 1.18 bits per heavy atom. The first-order valence-electron chi connectivity index (χ1n) is 9.12. The van der Waals surface area contributed by atoms with Gasteiger partial charge >= 0.3 is 5.97 Å². The number of hydrogen-bond acceptors (Lipinski definition) is 4. The van der Waals surface area contributed by atoms with E-state index < -0.39 is 18.0 Å². The number of esters is 1. The highest BCUT2D eigenvalue weighted by atomic mass is 16.5. The molecule has 0 aliphatic rings. The van der Waals surface area contributed by atoms with Gasteiger partial charge in [-0.1, -0.05) is 18.2 Å². The lowest BCUT2D eigenvalue weighted by molar-refractivity contribution is -0.153. The number of rotatable bonds is 7. The summed E-state index contributed by atoms with van der Waals surface area (Å²) in [5.74, 6) is -0.808. The molecule has 3 aromatic rings. The highest BCUT2D eigenvalue weighted by molar-refractivity contribution is 5.95. The maximum Gasteiger partial charge on any atom is 0.306 e. The third kappa shape index (κ3) is 4.77. The molecule has 6 heteroatoms. The van der Waals surface area contributed by atoms with Gasteiger partial charge in [0.25, 0.3) is 5.91 Å². The van der Waals surface area contributed by atoms with Gasteiger partial charge in [-0.05, 0) is 55.7 Å². The molecule has 2 N–H and O–H groups in total. The lowest BCUT2D eigenvalue weighted by atomic mass is 10.1. The number of amides is 1. The van der Waals surface area contributed by atoms with E-state index in [1.807, 2.05) is 30.5 Å². The van der Waals surface area contributed by atoms with E-state index in [4.69, 9.17) is 10.00 Å². The molecule has 0 aliphatic carbocycles. The molecule has 3 rings (SSSR count). The number of nitrogens with zero attached hydrogens (tertiary/aromatic N) is 1. The Hall–Kier alpha value is -3.59. The Labute approximate surface area is 163 Å². The van der Waals surface area contributed by atoms with Gasteiger partial charge in [0, 0.05) is 29.2 Å². The Bertz CT molecular complexity index is 1020. The second kappa shape index (κ2) is 8.87. The number of carbonyl (C=O) groups is 2. The molecule has 1 atom stereocenters. The van der Waals surface area contributed by atoms with Gasteiger partial charge in [0.05, 0.1) is 11.6 Å². The Balaban J connectivity index is 1.44. The van der Waals surface area contributed by atoms with Crippen LogP contribution in [0.15, 0.2) is 54.7 Å². The van der Waals surface area contributed by atoms with Crippen molar-refractivity contribution < 1.29 is 14.3 Å². The smallest absolute Gasteiger partial charge is 0.306 e. The second-order valence-electron chi connectivity index (χ2n) is 6.52. The molecular weight excluding hydrogens is 354 g/mol. The van der Waals surface area contributed by atoms with Crippen molar-refractivity contribution in [3.8, 4) is 6.07 Å². The number of ether oxygens (including phenoxy) is 1. The number of hydrogen-bond donors (Lipinski definition) is 2. The predicted molar refractivity (Wildman–Crippen MR) is 107 cm³/mol. The maximum absolute atomic E-state index is 12.2. The minimum atomic E-state index is -0.892. The number of nitriles is 1. The number of aromatic amines is 1. The SMILES string of the molecule is C[C@@H](OC(=O)CCCc1c[nH]c2ccccc12)C(=O)Nc1ccc(C#N)cc1. The monoisotopic (exact) mass is 375 g/mol. The first-order chi connectivity index (χ1) is 13.6. The number of aryl methyl sites for hydroxylation is 1. The average Bonchev–Trinajstić information content (AvgIpc) is 3.11. The van der Waals surface area contributed by atoms with Crippen molar-refractivity contribution in [2.24, 2.45) is 0 Å². The van der Waals surface area contributed by atoms with Crippen LogP contribution < -0.4 is 5.32 Å². The molecule has 1 heterocycles. The fourth-order valence-electron chi connectivity index (χ4n) is 2.94. The molecule has 0 aliphatic heterocycles. The van der Waals surface area contributed by atoms with E-state index in [1.165, 1.54) is 6.92 Å². The first-order valence-corrected chi connectivity index (χ1v) is 9.12. The average molecular weight is 375 g/mol. The van der Waals surface area contributed by atoms with E-state index in [1.54, 1.807) is 24.3 Å². The number of H-pyrrole nitrogens is 1. The number of fused-ring (bicyclic) bond motifs is 1. The van der Waals surface area contributed by atoms with E-state index in [2.05, 4.69) is 16.4 Å². The van der Waals surface area contributed by atoms with E-state index in [-0.39, 0.29) is 6.42 Å². The Morgan fingerprint density at radius 2 is 1.93 bits per heavy atom. The van der Waals surface area contributed by atoms with Crippen LogP contribution in [-0.4, -0.2) is 23.0 Å². The molecule has 0 fully saturated rings. The molecule has 0 spiro atoms. The van der Waals surface area contributed by atoms with Crippen molar-refractivity contribution in [1.29, 1.82) is 5.26 Å². The summed E-state index contributed by atoms with van der Waals surface area (Å²) >= 11 is 0. The van der Waals surface area contributed by atoms with Crippen LogP contribution in [0.4, 0.5) is 5.69 Å². The normalized spacial score (nSPS) is 11.6. The fraction of sp³-hybridized carbons (Fsp3) is 0.227. The van der Waals surface area contributed by atoms with Gasteiger partial charge in [0.1, 0.15) is 0 Å². The molecule has 1 amide bonds. The molecule has 0 radical (unpaired) electrons. The third-order valence-corrected chi connectivity index (χ3v) is 4.46. The van der Waals surface area contributed by atoms with E-state index in [9.17, 15) is 9.59 Å². The summed E-state index contributed by atoms with van der Waals surface area (Å²) in [6, 6.07) is 16.5. The second-order valence-corrected chi connectivity index (χ2v) is 6.52. The van der Waals surface area contributed by atoms with Crippen molar-refractivity contribution in [1.82, 2.24) is 4.98 Å². The summed E-state index contributed by atoms with van der Waals surface area (Å²) in [4.78, 5) is 27.4. The largest absolute Gasteiger partial charge is 0.453 e. The van der Waals surface area contributed by atoms with Gasteiger partial charge in [-0.25, -0.2) is 0 Å². The topological polar surface area (TPSA) is 95.0 Å². The Morgan fingerprint density at radius 3 is 2.68 bits per heavy atom. The molecule has 2 aromatic carbocycles. The number of carbonyl (C=O) groups excluding carboxylic acids is 2. The van der Waals surface area contributed by atoms with Crippen molar-refractivity contribution in [2.45, 2.75) is 32.3 Å². The maximum atomic E-state index is 12.2. The zero-order chi connectivity index (χ0) is 19.9. The summed E-state index contributed by atoms with van der Waals surface area (Å²) in [7, 11) is 0. The molecule has 0 saturated heterocycles. The quantitative estimate of drug-likeness (QED) is 0.612. The zero-order valence-corrected chi connectivity index (χ0v) is 15.6. The van der Waals surface area contributed by atoms with Crippen LogP contribution >= 0.6 is 0 Å². The summed E-state index contributed by atoms with van der Waals surface area (Å²) < 4.78 is 5.23. The molecular formula is C22H21N3O3. The van der Waals surface area contributed by atoms with Crippen LogP contribution in [0.5, 0.6) is 0 Å². The molecule has 1 aromatic heterocycles. The number of anilines is 1. The summed E-state index contributed by atoms with van der Waals surface area (Å²) in [6.45, 7) is 1.54. The van der Waals surface area contributed by atoms with Crippen LogP contribution in [-0.2, 0) is 20.7 Å². The molecule has 142 valence electrons. The van der Waals surface area contributed by atoms with Crippen LogP contribution in [0.3, 0.4) is 0 Å². The van der Waals surface area contributed by atoms with Crippen LogP contribution in [0.25, 0.3) is 10.9 Å². The lowest BCUT2D eigenvalue weighted by Crippen LogP contribution is -2.29. The van der Waals surface area contributed by atoms with Gasteiger partial charge in [0.2, 0.25) is 0 Å². The number of nitrogens with one attached hydrogen (secondary N) is 2. The summed E-state index contributed by atoms with van der Waals surface area (Å²) in [5, 5.41) is 12.6. The number of para-hydroxylation sites is 1. The molecule has 28 heavy (non-hydrogen) atoms. The Kier molecular flexibility index (Phi) is 6.07. The van der Waals surface area contributed by atoms with Crippen molar-refractivity contribution in [3.05, 3.63) is 65.9 Å². The number of aromatic nitrogens is 1. The van der Waals surface area contributed by atoms with Crippen LogP contribution in [0.1, 0.15) is 30.9 Å². The van der Waals surface area contributed by atoms with Crippen LogP contribution in [0.2, 0.25) is 0 Å². The minimum absolute atomic E-state index is 0.244. The van der Waals surface area contributed by atoms with Gasteiger partial charge in [-0.3, -0.25) is 9.59 Å². The molecule has 0 unspecified atom stereocenters. The van der Waals surface area contributed by atoms with E-state index in [0.717, 1.165) is 22.9 Å². The molecule has 0 saturated carbocycles. The van der Waals surface area contributed by atoms with Crippen molar-refractivity contribution in [3.63, 3.8) is 0 Å². The molecule has 6 nitrogen and oxygen atoms in total. The van der Waals surface area contributed by atoms with E-state index in [0.29, 0.717) is 17.7 Å². The standard InChI is InChI=1S/C22H21N3O3/c1-15(22(27)25-18-11-9-16(13-23)10-12-18)28-21(26)8-4-5-17-14-24-20-7-3-2-6-19(17)20/h2-3,6-7,9-12,14-15,24H,4-5,8H2,1H3,(H,25,27)/t15-/m1/s1. The molecule has 0 bridgehead atoms. The fourth-order valence-corrected chi connectivity index (χ4v) is 2.94. The third-order valence-electron chi connectivity index (χ3n) is 4.46. The minimum Gasteiger partial charge on any atom is -0.453 e.